The van der Waals surface area contributed by atoms with Gasteiger partial charge in [0.05, 0.1) is 30.2 Å². The smallest absolute Gasteiger partial charge is 0.246 e. The summed E-state index contributed by atoms with van der Waals surface area (Å²) in [6.45, 7) is 9.89. The molecule has 0 fully saturated rings. The zero-order chi connectivity index (χ0) is 23.9. The lowest BCUT2D eigenvalue weighted by Gasteiger charge is -2.19. The van der Waals surface area contributed by atoms with Gasteiger partial charge in [-0.1, -0.05) is 56.5 Å². The molecule has 1 aromatic heterocycles. The monoisotopic (exact) mass is 437 g/mol. The summed E-state index contributed by atoms with van der Waals surface area (Å²) in [5.74, 6) is -0.644. The molecule has 7 heteroatoms. The van der Waals surface area contributed by atoms with E-state index in [4.69, 9.17) is 11.5 Å². The number of anilines is 1. The van der Waals surface area contributed by atoms with E-state index in [2.05, 4.69) is 54.6 Å². The molecule has 0 aliphatic carbocycles. The van der Waals surface area contributed by atoms with Crippen LogP contribution in [0.3, 0.4) is 0 Å². The molecule has 0 spiro atoms. The number of hydrogen-bond donors (Lipinski definition) is 3. The molecule has 0 saturated carbocycles. The summed E-state index contributed by atoms with van der Waals surface area (Å²) in [6.07, 6.45) is 7.11. The van der Waals surface area contributed by atoms with Crippen LogP contribution in [0.2, 0.25) is 0 Å². The van der Waals surface area contributed by atoms with E-state index in [1.54, 1.807) is 31.5 Å². The van der Waals surface area contributed by atoms with Gasteiger partial charge in [-0.05, 0) is 43.5 Å². The molecule has 0 aliphatic heterocycles. The van der Waals surface area contributed by atoms with Crippen LogP contribution in [0, 0.1) is 0 Å². The van der Waals surface area contributed by atoms with Crippen LogP contribution in [0.5, 0.6) is 0 Å². The van der Waals surface area contributed by atoms with Crippen molar-refractivity contribution in [1.29, 1.82) is 0 Å². The SMILES string of the molecule is C=Cc1cc(N(C)C(=O)CNC(=O)[C@@H](N)CCCN)cnc1C=C.CCc1ccccc1. The summed E-state index contributed by atoms with van der Waals surface area (Å²) in [7, 11) is 1.61. The van der Waals surface area contributed by atoms with Crippen molar-refractivity contribution >= 4 is 29.7 Å². The normalized spacial score (nSPS) is 10.9. The highest BCUT2D eigenvalue weighted by atomic mass is 16.2. The second-order valence-corrected chi connectivity index (χ2v) is 7.12. The lowest BCUT2D eigenvalue weighted by molar-refractivity contribution is -0.125. The number of rotatable bonds is 10. The highest BCUT2D eigenvalue weighted by molar-refractivity contribution is 5.97. The van der Waals surface area contributed by atoms with E-state index in [9.17, 15) is 9.59 Å². The van der Waals surface area contributed by atoms with Gasteiger partial charge in [0.25, 0.3) is 0 Å². The Bertz CT molecular complexity index is 883. The Labute approximate surface area is 191 Å². The van der Waals surface area contributed by atoms with Crippen molar-refractivity contribution in [1.82, 2.24) is 10.3 Å². The maximum Gasteiger partial charge on any atom is 0.246 e. The van der Waals surface area contributed by atoms with Crippen LogP contribution in [0.1, 0.15) is 36.6 Å². The first-order chi connectivity index (χ1) is 15.4. The van der Waals surface area contributed by atoms with Crippen molar-refractivity contribution in [2.24, 2.45) is 11.5 Å². The molecule has 0 saturated heterocycles. The molecule has 1 aromatic carbocycles. The average molecular weight is 438 g/mol. The average Bonchev–Trinajstić information content (AvgIpc) is 2.85. The number of carbonyl (C=O) groups excluding carboxylic acids is 2. The molecule has 172 valence electrons. The molecule has 0 radical (unpaired) electrons. The third kappa shape index (κ3) is 8.83. The quantitative estimate of drug-likeness (QED) is 0.529. The lowest BCUT2D eigenvalue weighted by atomic mass is 10.1. The number of benzene rings is 1. The van der Waals surface area contributed by atoms with Crippen molar-refractivity contribution in [3.8, 4) is 0 Å². The molecule has 32 heavy (non-hydrogen) atoms. The molecule has 2 amide bonds. The third-order valence-electron chi connectivity index (χ3n) is 4.83. The number of carbonyl (C=O) groups is 2. The molecule has 1 atom stereocenters. The van der Waals surface area contributed by atoms with Crippen LogP contribution in [0.4, 0.5) is 5.69 Å². The van der Waals surface area contributed by atoms with Gasteiger partial charge in [-0.3, -0.25) is 14.6 Å². The highest BCUT2D eigenvalue weighted by Crippen LogP contribution is 2.18. The van der Waals surface area contributed by atoms with Crippen molar-refractivity contribution in [3.05, 3.63) is 72.6 Å². The summed E-state index contributed by atoms with van der Waals surface area (Å²) >= 11 is 0. The van der Waals surface area contributed by atoms with Crippen LogP contribution in [0.15, 0.2) is 55.8 Å². The Morgan fingerprint density at radius 2 is 1.91 bits per heavy atom. The minimum Gasteiger partial charge on any atom is -0.346 e. The van der Waals surface area contributed by atoms with Crippen LogP contribution in [-0.2, 0) is 16.0 Å². The van der Waals surface area contributed by atoms with Crippen molar-refractivity contribution in [2.45, 2.75) is 32.2 Å². The molecule has 2 rings (SSSR count). The van der Waals surface area contributed by atoms with E-state index in [0.717, 1.165) is 12.0 Å². The Morgan fingerprint density at radius 1 is 1.22 bits per heavy atom. The summed E-state index contributed by atoms with van der Waals surface area (Å²) in [5.41, 5.74) is 14.6. The van der Waals surface area contributed by atoms with Gasteiger partial charge in [-0.25, -0.2) is 0 Å². The summed E-state index contributed by atoms with van der Waals surface area (Å²) in [6, 6.07) is 11.6. The van der Waals surface area contributed by atoms with E-state index in [1.165, 1.54) is 10.5 Å². The zero-order valence-electron chi connectivity index (χ0n) is 19.1. The molecule has 2 aromatic rings. The first kappa shape index (κ1) is 26.7. The van der Waals surface area contributed by atoms with Gasteiger partial charge in [0.15, 0.2) is 0 Å². The van der Waals surface area contributed by atoms with Gasteiger partial charge in [0.2, 0.25) is 11.8 Å². The van der Waals surface area contributed by atoms with E-state index in [-0.39, 0.29) is 18.4 Å². The lowest BCUT2D eigenvalue weighted by Crippen LogP contribution is -2.45. The number of amides is 2. The number of nitrogens with zero attached hydrogens (tertiary/aromatic N) is 2. The fraction of sp³-hybridized carbons (Fsp3) is 0.320. The molecule has 0 bridgehead atoms. The van der Waals surface area contributed by atoms with Gasteiger partial charge in [0, 0.05) is 12.6 Å². The Kier molecular flexibility index (Phi) is 12.3. The van der Waals surface area contributed by atoms with Crippen LogP contribution < -0.4 is 21.7 Å². The molecule has 5 N–H and O–H groups in total. The van der Waals surface area contributed by atoms with Crippen molar-refractivity contribution < 1.29 is 9.59 Å². The van der Waals surface area contributed by atoms with Gasteiger partial charge in [-0.15, -0.1) is 0 Å². The molecular formula is C25H35N5O2. The largest absolute Gasteiger partial charge is 0.346 e. The van der Waals surface area contributed by atoms with E-state index >= 15 is 0 Å². The summed E-state index contributed by atoms with van der Waals surface area (Å²) < 4.78 is 0. The van der Waals surface area contributed by atoms with E-state index in [1.807, 2.05) is 6.07 Å². The number of pyridine rings is 1. The molecule has 7 nitrogen and oxygen atoms in total. The van der Waals surface area contributed by atoms with Crippen molar-refractivity contribution in [3.63, 3.8) is 0 Å². The van der Waals surface area contributed by atoms with Gasteiger partial charge in [0.1, 0.15) is 0 Å². The maximum atomic E-state index is 12.2. The Hall–Kier alpha value is -3.29. The van der Waals surface area contributed by atoms with Crippen LogP contribution in [-0.4, -0.2) is 43.0 Å². The summed E-state index contributed by atoms with van der Waals surface area (Å²) in [4.78, 5) is 29.7. The third-order valence-corrected chi connectivity index (χ3v) is 4.83. The maximum absolute atomic E-state index is 12.2. The van der Waals surface area contributed by atoms with Crippen LogP contribution in [0.25, 0.3) is 12.2 Å². The number of hydrogen-bond acceptors (Lipinski definition) is 5. The first-order valence-corrected chi connectivity index (χ1v) is 10.7. The molecule has 0 unspecified atom stereocenters. The fourth-order valence-electron chi connectivity index (χ4n) is 2.74. The topological polar surface area (TPSA) is 114 Å². The van der Waals surface area contributed by atoms with E-state index < -0.39 is 6.04 Å². The second-order valence-electron chi connectivity index (χ2n) is 7.12. The Balaban J connectivity index is 0.000000533. The predicted molar refractivity (Wildman–Crippen MR) is 133 cm³/mol. The van der Waals surface area contributed by atoms with Gasteiger partial charge < -0.3 is 21.7 Å². The number of aryl methyl sites for hydroxylation is 1. The Morgan fingerprint density at radius 3 is 2.44 bits per heavy atom. The standard InChI is InChI=1S/C17H25N5O2.C8H10/c1-4-12-9-13(10-20-15(12)5-2)22(3)16(23)11-21-17(24)14(19)7-6-8-18;1-2-8-6-4-3-5-7-8/h4-5,9-10,14H,1-2,6-8,11,18-19H2,3H3,(H,21,24);3-7H,2H2,1H3/t14-;/m0./s1. The minimum absolute atomic E-state index is 0.141. The number of aromatic nitrogens is 1. The highest BCUT2D eigenvalue weighted by Gasteiger charge is 2.17. The molecular weight excluding hydrogens is 402 g/mol. The second kappa shape index (κ2) is 14.7. The van der Waals surface area contributed by atoms with Crippen molar-refractivity contribution in [2.75, 3.05) is 25.0 Å². The summed E-state index contributed by atoms with van der Waals surface area (Å²) in [5, 5.41) is 2.54. The van der Waals surface area contributed by atoms with Gasteiger partial charge in [-0.2, -0.15) is 0 Å². The first-order valence-electron chi connectivity index (χ1n) is 10.7. The van der Waals surface area contributed by atoms with Gasteiger partial charge >= 0.3 is 0 Å². The minimum atomic E-state index is -0.660. The predicted octanol–water partition coefficient (Wildman–Crippen LogP) is 2.76. The molecule has 1 heterocycles. The fourth-order valence-corrected chi connectivity index (χ4v) is 2.74. The number of nitrogens with two attached hydrogens (primary N) is 2. The number of nitrogens with one attached hydrogen (secondary N) is 1. The number of likely N-dealkylation sites (N-methyl/N-ethyl adjacent to an activating group) is 1. The van der Waals surface area contributed by atoms with E-state index in [0.29, 0.717) is 30.8 Å². The molecule has 0 aliphatic rings. The zero-order valence-corrected chi connectivity index (χ0v) is 19.1. The van der Waals surface area contributed by atoms with Crippen LogP contribution >= 0.6 is 0 Å².